The van der Waals surface area contributed by atoms with Gasteiger partial charge in [-0.25, -0.2) is 0 Å². The van der Waals surface area contributed by atoms with Gasteiger partial charge in [-0.1, -0.05) is 195 Å². The third-order valence-corrected chi connectivity index (χ3v) is 13.6. The molecule has 1 heterocycles. The van der Waals surface area contributed by atoms with Crippen LogP contribution in [0.2, 0.25) is 0 Å². The topological polar surface area (TPSA) is 82.1 Å². The van der Waals surface area contributed by atoms with Crippen LogP contribution in [0.15, 0.2) is 0 Å². The smallest absolute Gasteiger partial charge is 0.306 e. The maximum atomic E-state index is 12.9. The lowest BCUT2D eigenvalue weighted by Crippen LogP contribution is -2.23. The Bertz CT molecular complexity index is 918. The summed E-state index contributed by atoms with van der Waals surface area (Å²) in [6, 6.07) is 0. The van der Waals surface area contributed by atoms with Crippen LogP contribution in [0, 0.1) is 11.8 Å². The molecule has 0 amide bonds. The summed E-state index contributed by atoms with van der Waals surface area (Å²) in [5, 5.41) is 0. The largest absolute Gasteiger partial charge is 0.466 e. The minimum absolute atomic E-state index is 0.0104. The van der Waals surface area contributed by atoms with E-state index < -0.39 is 0 Å². The van der Waals surface area contributed by atoms with Gasteiger partial charge in [-0.2, -0.15) is 0 Å². The highest BCUT2D eigenvalue weighted by atomic mass is 16.5. The van der Waals surface area contributed by atoms with Crippen LogP contribution in [0.1, 0.15) is 285 Å². The molecule has 0 atom stereocenters. The first-order valence-corrected chi connectivity index (χ1v) is 27.6. The van der Waals surface area contributed by atoms with Crippen LogP contribution in [-0.4, -0.2) is 61.8 Å². The summed E-state index contributed by atoms with van der Waals surface area (Å²) in [7, 11) is 0. The molecule has 1 fully saturated rings. The molecule has 0 spiro atoms. The lowest BCUT2D eigenvalue weighted by Gasteiger charge is -2.19. The molecule has 1 aliphatic heterocycles. The van der Waals surface area contributed by atoms with Crippen molar-refractivity contribution in [3.63, 3.8) is 0 Å². The Morgan fingerprint density at radius 2 is 0.726 bits per heavy atom. The lowest BCUT2D eigenvalue weighted by atomic mass is 9.92. The van der Waals surface area contributed by atoms with Crippen LogP contribution in [0.25, 0.3) is 0 Å². The summed E-state index contributed by atoms with van der Waals surface area (Å²) in [6.45, 7) is 13.6. The number of hydrogen-bond acceptors (Lipinski definition) is 7. The molecule has 62 heavy (non-hydrogen) atoms. The Balaban J connectivity index is 2.23. The number of esters is 3. The fraction of sp³-hybridized carbons (Fsp3) is 0.945. The molecule has 0 aliphatic carbocycles. The van der Waals surface area contributed by atoms with Gasteiger partial charge in [0.25, 0.3) is 0 Å². The standard InChI is InChI=1S/C55H105NO6/c1-5-9-23-34-50(35-24-10-6-2)43-48-60-53(57)40-29-21-17-13-15-19-27-38-52(62-55(59)42-33-47-56-45-31-32-46-56)39-28-20-16-14-18-22-30-41-54(58)61-49-44-51(36-25-11-7-3)37-26-12-8-4/h50-52H,5-49H2,1-4H3. The number of carbonyl (C=O) groups is 3. The van der Waals surface area contributed by atoms with E-state index >= 15 is 0 Å². The van der Waals surface area contributed by atoms with Crippen LogP contribution in [-0.2, 0) is 28.6 Å². The molecule has 0 aromatic heterocycles. The molecule has 1 aliphatic rings. The number of carbonyl (C=O) groups excluding carboxylic acids is 3. The van der Waals surface area contributed by atoms with Gasteiger partial charge in [0, 0.05) is 19.3 Å². The number of unbranched alkanes of at least 4 members (excludes halogenated alkanes) is 20. The highest BCUT2D eigenvalue weighted by Crippen LogP contribution is 2.23. The van der Waals surface area contributed by atoms with Crippen molar-refractivity contribution in [2.75, 3.05) is 32.8 Å². The van der Waals surface area contributed by atoms with Crippen molar-refractivity contribution in [2.45, 2.75) is 291 Å². The van der Waals surface area contributed by atoms with E-state index in [2.05, 4.69) is 32.6 Å². The van der Waals surface area contributed by atoms with E-state index in [0.29, 0.717) is 44.3 Å². The average Bonchev–Trinajstić information content (AvgIpc) is 3.78. The van der Waals surface area contributed by atoms with E-state index in [1.807, 2.05) is 0 Å². The zero-order valence-corrected chi connectivity index (χ0v) is 41.9. The number of likely N-dealkylation sites (tertiary alicyclic amines) is 1. The van der Waals surface area contributed by atoms with Crippen molar-refractivity contribution in [1.29, 1.82) is 0 Å². The highest BCUT2D eigenvalue weighted by Gasteiger charge is 2.17. The zero-order chi connectivity index (χ0) is 45.0. The lowest BCUT2D eigenvalue weighted by molar-refractivity contribution is -0.150. The van der Waals surface area contributed by atoms with E-state index in [1.54, 1.807) is 0 Å². The summed E-state index contributed by atoms with van der Waals surface area (Å²) in [4.78, 5) is 40.1. The molecule has 0 radical (unpaired) electrons. The monoisotopic (exact) mass is 876 g/mol. The van der Waals surface area contributed by atoms with Gasteiger partial charge in [-0.3, -0.25) is 14.4 Å². The van der Waals surface area contributed by atoms with Gasteiger partial charge in [0.1, 0.15) is 6.10 Å². The molecule has 0 N–H and O–H groups in total. The minimum Gasteiger partial charge on any atom is -0.466 e. The van der Waals surface area contributed by atoms with Gasteiger partial charge in [-0.15, -0.1) is 0 Å². The van der Waals surface area contributed by atoms with Gasteiger partial charge in [0.2, 0.25) is 0 Å². The van der Waals surface area contributed by atoms with E-state index in [0.717, 1.165) is 77.2 Å². The van der Waals surface area contributed by atoms with Crippen LogP contribution in [0.4, 0.5) is 0 Å². The summed E-state index contributed by atoms with van der Waals surface area (Å²) >= 11 is 0. The second-order valence-corrected chi connectivity index (χ2v) is 19.5. The normalized spacial score (nSPS) is 13.2. The van der Waals surface area contributed by atoms with E-state index in [-0.39, 0.29) is 24.0 Å². The summed E-state index contributed by atoms with van der Waals surface area (Å²) < 4.78 is 17.4. The Hall–Kier alpha value is -1.63. The van der Waals surface area contributed by atoms with Crippen molar-refractivity contribution in [2.24, 2.45) is 11.8 Å². The molecule has 0 aromatic carbocycles. The summed E-state index contributed by atoms with van der Waals surface area (Å²) in [5.74, 6) is 1.38. The summed E-state index contributed by atoms with van der Waals surface area (Å²) in [6.07, 6.45) is 45.5. The van der Waals surface area contributed by atoms with Crippen molar-refractivity contribution in [1.82, 2.24) is 4.90 Å². The van der Waals surface area contributed by atoms with Gasteiger partial charge in [-0.05, 0) is 102 Å². The van der Waals surface area contributed by atoms with Crippen molar-refractivity contribution >= 4 is 17.9 Å². The molecule has 0 unspecified atom stereocenters. The predicted molar refractivity (Wildman–Crippen MR) is 263 cm³/mol. The quantitative estimate of drug-likeness (QED) is 0.0342. The van der Waals surface area contributed by atoms with E-state index in [9.17, 15) is 14.4 Å². The SMILES string of the molecule is CCCCCC(CCCCC)CCOC(=O)CCCCCCCCCC(CCCCCCCCCC(=O)OCCC(CCCCC)CCCCC)OC(=O)CCCN1CCCC1. The number of rotatable bonds is 47. The molecule has 0 saturated carbocycles. The fourth-order valence-corrected chi connectivity index (χ4v) is 9.43. The summed E-state index contributed by atoms with van der Waals surface area (Å²) in [5.41, 5.74) is 0. The molecule has 1 rings (SSSR count). The molecule has 366 valence electrons. The van der Waals surface area contributed by atoms with Crippen molar-refractivity contribution in [3.05, 3.63) is 0 Å². The molecule has 7 heteroatoms. The highest BCUT2D eigenvalue weighted by molar-refractivity contribution is 5.70. The minimum atomic E-state index is -0.0128. The van der Waals surface area contributed by atoms with Crippen LogP contribution in [0.5, 0.6) is 0 Å². The first-order valence-electron chi connectivity index (χ1n) is 27.6. The Kier molecular flexibility index (Phi) is 42.0. The van der Waals surface area contributed by atoms with Crippen LogP contribution in [0.3, 0.4) is 0 Å². The number of ether oxygens (including phenoxy) is 3. The predicted octanol–water partition coefficient (Wildman–Crippen LogP) is 16.2. The molecule has 7 nitrogen and oxygen atoms in total. The number of hydrogen-bond donors (Lipinski definition) is 0. The zero-order valence-electron chi connectivity index (χ0n) is 41.9. The fourth-order valence-electron chi connectivity index (χ4n) is 9.43. The van der Waals surface area contributed by atoms with Gasteiger partial charge in [0.05, 0.1) is 13.2 Å². The van der Waals surface area contributed by atoms with E-state index in [1.165, 1.54) is 180 Å². The third-order valence-electron chi connectivity index (χ3n) is 13.6. The molecule has 0 bridgehead atoms. The third kappa shape index (κ3) is 37.7. The molecular formula is C55H105NO6. The van der Waals surface area contributed by atoms with Crippen molar-refractivity contribution in [3.8, 4) is 0 Å². The Morgan fingerprint density at radius 1 is 0.387 bits per heavy atom. The van der Waals surface area contributed by atoms with Crippen LogP contribution >= 0.6 is 0 Å². The van der Waals surface area contributed by atoms with Crippen LogP contribution < -0.4 is 0 Å². The second-order valence-electron chi connectivity index (χ2n) is 19.5. The molecule has 1 saturated heterocycles. The maximum Gasteiger partial charge on any atom is 0.306 e. The Labute approximate surface area is 385 Å². The molecular weight excluding hydrogens is 771 g/mol. The first-order chi connectivity index (χ1) is 30.4. The Morgan fingerprint density at radius 3 is 1.11 bits per heavy atom. The number of nitrogens with zero attached hydrogens (tertiary/aromatic N) is 1. The first kappa shape index (κ1) is 58.4. The second kappa shape index (κ2) is 44.6. The van der Waals surface area contributed by atoms with Gasteiger partial charge < -0.3 is 19.1 Å². The van der Waals surface area contributed by atoms with Crippen molar-refractivity contribution < 1.29 is 28.6 Å². The van der Waals surface area contributed by atoms with Gasteiger partial charge >= 0.3 is 17.9 Å². The van der Waals surface area contributed by atoms with E-state index in [4.69, 9.17) is 14.2 Å². The van der Waals surface area contributed by atoms with Gasteiger partial charge in [0.15, 0.2) is 0 Å². The maximum absolute atomic E-state index is 12.9. The average molecular weight is 876 g/mol. The molecule has 0 aromatic rings.